The number of nitrogens with zero attached hydrogens (tertiary/aromatic N) is 4. The van der Waals surface area contributed by atoms with Gasteiger partial charge in [-0.15, -0.1) is 0 Å². The maximum absolute atomic E-state index is 12.7. The predicted molar refractivity (Wildman–Crippen MR) is 116 cm³/mol. The number of rotatable bonds is 4. The minimum absolute atomic E-state index is 0.287. The minimum atomic E-state index is -0.308. The highest BCUT2D eigenvalue weighted by Gasteiger charge is 2.16. The molecule has 0 saturated carbocycles. The number of carbonyl (C=O) groups is 1. The Morgan fingerprint density at radius 3 is 2.58 bits per heavy atom. The quantitative estimate of drug-likeness (QED) is 0.420. The van der Waals surface area contributed by atoms with Crippen LogP contribution in [0.4, 0.5) is 5.69 Å². The monoisotopic (exact) mass is 411 g/mol. The van der Waals surface area contributed by atoms with Crippen LogP contribution in [0.2, 0.25) is 0 Å². The zero-order valence-electron chi connectivity index (χ0n) is 16.5. The van der Waals surface area contributed by atoms with Gasteiger partial charge in [-0.2, -0.15) is 10.2 Å². The van der Waals surface area contributed by atoms with E-state index in [0.29, 0.717) is 22.8 Å². The van der Waals surface area contributed by atoms with Crippen LogP contribution in [0.25, 0.3) is 28.2 Å². The summed E-state index contributed by atoms with van der Waals surface area (Å²) in [6, 6.07) is 18.2. The predicted octanol–water partition coefficient (Wildman–Crippen LogP) is 3.06. The van der Waals surface area contributed by atoms with Crippen molar-refractivity contribution in [3.8, 4) is 17.2 Å². The number of amides is 1. The Morgan fingerprint density at radius 1 is 1.03 bits per heavy atom. The fourth-order valence-corrected chi connectivity index (χ4v) is 3.32. The number of fused-ring (bicyclic) bond motifs is 1. The molecule has 0 aliphatic heterocycles. The summed E-state index contributed by atoms with van der Waals surface area (Å²) in [6.45, 7) is 1.76. The number of anilines is 1. The zero-order valence-corrected chi connectivity index (χ0v) is 16.5. The van der Waals surface area contributed by atoms with Gasteiger partial charge in [0.25, 0.3) is 11.5 Å². The third-order valence-electron chi connectivity index (χ3n) is 4.94. The van der Waals surface area contributed by atoms with E-state index in [9.17, 15) is 9.59 Å². The van der Waals surface area contributed by atoms with Gasteiger partial charge in [-0.05, 0) is 49.4 Å². The van der Waals surface area contributed by atoms with Crippen LogP contribution in [0.3, 0.4) is 0 Å². The Morgan fingerprint density at radius 2 is 1.84 bits per heavy atom. The Bertz CT molecular complexity index is 1410. The van der Waals surface area contributed by atoms with Crippen LogP contribution < -0.4 is 10.9 Å². The lowest BCUT2D eigenvalue weighted by Gasteiger charge is -2.06. The number of para-hydroxylation sites is 2. The molecule has 9 heteroatoms. The second kappa shape index (κ2) is 7.38. The van der Waals surface area contributed by atoms with Crippen LogP contribution >= 0.6 is 0 Å². The van der Waals surface area contributed by atoms with E-state index in [1.165, 1.54) is 23.0 Å². The third-order valence-corrected chi connectivity index (χ3v) is 4.94. The summed E-state index contributed by atoms with van der Waals surface area (Å²) in [5.41, 5.74) is 4.16. The number of imidazole rings is 1. The Balaban J connectivity index is 1.35. The topological polar surface area (TPSA) is 121 Å². The fraction of sp³-hybridized carbons (Fsp3) is 0.0455. The van der Waals surface area contributed by atoms with Crippen LogP contribution in [0.15, 0.2) is 71.7 Å². The van der Waals surface area contributed by atoms with Crippen molar-refractivity contribution in [2.45, 2.75) is 6.92 Å². The number of benzene rings is 2. The van der Waals surface area contributed by atoms with Gasteiger partial charge in [0, 0.05) is 17.3 Å². The second-order valence-electron chi connectivity index (χ2n) is 6.97. The molecule has 5 rings (SSSR count). The third kappa shape index (κ3) is 3.48. The lowest BCUT2D eigenvalue weighted by atomic mass is 10.2. The van der Waals surface area contributed by atoms with Crippen LogP contribution in [-0.2, 0) is 0 Å². The number of H-pyrrole nitrogens is 2. The van der Waals surface area contributed by atoms with Crippen molar-refractivity contribution in [2.75, 3.05) is 5.32 Å². The highest BCUT2D eigenvalue weighted by molar-refractivity contribution is 6.05. The molecule has 0 saturated heterocycles. The van der Waals surface area contributed by atoms with Gasteiger partial charge >= 0.3 is 0 Å². The normalized spacial score (nSPS) is 11.0. The van der Waals surface area contributed by atoms with Crippen molar-refractivity contribution in [3.05, 3.63) is 88.5 Å². The molecule has 0 aliphatic carbocycles. The molecule has 5 aromatic rings. The highest BCUT2D eigenvalue weighted by Crippen LogP contribution is 2.22. The van der Waals surface area contributed by atoms with Crippen LogP contribution in [0.1, 0.15) is 16.1 Å². The van der Waals surface area contributed by atoms with E-state index >= 15 is 0 Å². The van der Waals surface area contributed by atoms with Crippen molar-refractivity contribution in [1.29, 1.82) is 0 Å². The summed E-state index contributed by atoms with van der Waals surface area (Å²) in [7, 11) is 0. The standard InChI is InChI=1S/C22H17N7O2/c1-13-16(12-23-29(13)19-10-11-20(30)28-27-19)22(31)24-15-8-6-14(7-9-15)21-25-17-4-2-3-5-18(17)26-21/h2-12H,1H3,(H,24,31)(H,25,26)(H,28,30). The van der Waals surface area contributed by atoms with Gasteiger partial charge in [0.2, 0.25) is 0 Å². The Labute approximate surface area is 175 Å². The molecule has 3 N–H and O–H groups in total. The number of nitrogens with one attached hydrogen (secondary N) is 3. The molecule has 0 unspecified atom stereocenters. The van der Waals surface area contributed by atoms with Gasteiger partial charge < -0.3 is 10.3 Å². The molecule has 0 spiro atoms. The minimum Gasteiger partial charge on any atom is -0.338 e. The first-order valence-electron chi connectivity index (χ1n) is 9.56. The maximum atomic E-state index is 12.7. The average molecular weight is 411 g/mol. The summed E-state index contributed by atoms with van der Waals surface area (Å²) in [5.74, 6) is 0.903. The van der Waals surface area contributed by atoms with Crippen molar-refractivity contribution in [1.82, 2.24) is 29.9 Å². The number of aromatic nitrogens is 6. The number of carbonyl (C=O) groups excluding carboxylic acids is 1. The molecule has 31 heavy (non-hydrogen) atoms. The highest BCUT2D eigenvalue weighted by atomic mass is 16.1. The first-order chi connectivity index (χ1) is 15.1. The van der Waals surface area contributed by atoms with Crippen molar-refractivity contribution >= 4 is 22.6 Å². The molecule has 0 radical (unpaired) electrons. The Kier molecular flexibility index (Phi) is 4.40. The van der Waals surface area contributed by atoms with Crippen LogP contribution in [0.5, 0.6) is 0 Å². The van der Waals surface area contributed by atoms with E-state index in [2.05, 4.69) is 30.6 Å². The van der Waals surface area contributed by atoms with E-state index in [4.69, 9.17) is 0 Å². The van der Waals surface area contributed by atoms with E-state index in [1.807, 2.05) is 48.5 Å². The molecule has 3 aromatic heterocycles. The summed E-state index contributed by atoms with van der Waals surface area (Å²) >= 11 is 0. The van der Waals surface area contributed by atoms with Crippen LogP contribution in [-0.4, -0.2) is 35.9 Å². The Hall–Kier alpha value is -4.53. The summed E-state index contributed by atoms with van der Waals surface area (Å²) in [6.07, 6.45) is 1.47. The van der Waals surface area contributed by atoms with E-state index < -0.39 is 0 Å². The van der Waals surface area contributed by atoms with Gasteiger partial charge in [0.1, 0.15) is 5.82 Å². The molecule has 1 amide bonds. The molecule has 0 aliphatic rings. The molecule has 3 heterocycles. The zero-order chi connectivity index (χ0) is 21.4. The van der Waals surface area contributed by atoms with E-state index in [0.717, 1.165) is 22.4 Å². The summed E-state index contributed by atoms with van der Waals surface area (Å²) in [4.78, 5) is 31.8. The number of aromatic amines is 2. The summed E-state index contributed by atoms with van der Waals surface area (Å²) < 4.78 is 1.50. The number of hydrogen-bond donors (Lipinski definition) is 3. The fourth-order valence-electron chi connectivity index (χ4n) is 3.32. The van der Waals surface area contributed by atoms with Crippen molar-refractivity contribution in [3.63, 3.8) is 0 Å². The van der Waals surface area contributed by atoms with Gasteiger partial charge in [-0.3, -0.25) is 9.59 Å². The number of hydrogen-bond acceptors (Lipinski definition) is 5. The first-order valence-corrected chi connectivity index (χ1v) is 9.56. The first kappa shape index (κ1) is 18.5. The summed E-state index contributed by atoms with van der Waals surface area (Å²) in [5, 5.41) is 13.4. The smallest absolute Gasteiger partial charge is 0.264 e. The van der Waals surface area contributed by atoms with Crippen LogP contribution in [0, 0.1) is 6.92 Å². The molecular formula is C22H17N7O2. The molecule has 0 fully saturated rings. The van der Waals surface area contributed by atoms with Gasteiger partial charge in [0.15, 0.2) is 5.82 Å². The molecule has 9 nitrogen and oxygen atoms in total. The van der Waals surface area contributed by atoms with Gasteiger partial charge in [-0.1, -0.05) is 12.1 Å². The van der Waals surface area contributed by atoms with Gasteiger partial charge in [0.05, 0.1) is 28.5 Å². The van der Waals surface area contributed by atoms with Crippen molar-refractivity contribution < 1.29 is 4.79 Å². The maximum Gasteiger partial charge on any atom is 0.264 e. The average Bonchev–Trinajstić information content (AvgIpc) is 3.38. The molecule has 0 bridgehead atoms. The van der Waals surface area contributed by atoms with Gasteiger partial charge in [-0.25, -0.2) is 14.8 Å². The van der Waals surface area contributed by atoms with Crippen molar-refractivity contribution in [2.24, 2.45) is 0 Å². The molecule has 2 aromatic carbocycles. The largest absolute Gasteiger partial charge is 0.338 e. The molecular weight excluding hydrogens is 394 g/mol. The van der Waals surface area contributed by atoms with E-state index in [-0.39, 0.29) is 11.5 Å². The molecule has 152 valence electrons. The van der Waals surface area contributed by atoms with E-state index in [1.54, 1.807) is 6.92 Å². The molecule has 0 atom stereocenters. The lowest BCUT2D eigenvalue weighted by Crippen LogP contribution is -2.14. The second-order valence-corrected chi connectivity index (χ2v) is 6.97. The SMILES string of the molecule is Cc1c(C(=O)Nc2ccc(-c3nc4ccccc4[nH]3)cc2)cnn1-c1ccc(=O)[nH]n1. The lowest BCUT2D eigenvalue weighted by molar-refractivity contribution is 0.102.